The molecule has 0 atom stereocenters. The van der Waals surface area contributed by atoms with Gasteiger partial charge in [0, 0.05) is 17.7 Å². The number of ether oxygens (including phenoxy) is 2. The lowest BCUT2D eigenvalue weighted by Gasteiger charge is -2.29. The molecule has 0 saturated carbocycles. The topological polar surface area (TPSA) is 89.7 Å². The minimum Gasteiger partial charge on any atom is -0.493 e. The average molecular weight is 360 g/mol. The van der Waals surface area contributed by atoms with Crippen molar-refractivity contribution in [3.05, 3.63) is 29.9 Å². The lowest BCUT2D eigenvalue weighted by molar-refractivity contribution is -0.117. The number of anilines is 1. The minimum absolute atomic E-state index is 0.0516. The molecule has 1 aromatic heterocycles. The molecular weight excluding hydrogens is 336 g/mol. The molecule has 1 aliphatic heterocycles. The van der Waals surface area contributed by atoms with Gasteiger partial charge in [0.2, 0.25) is 11.8 Å². The van der Waals surface area contributed by atoms with Crippen molar-refractivity contribution in [1.82, 2.24) is 15.0 Å². The van der Waals surface area contributed by atoms with Crippen molar-refractivity contribution in [3.8, 4) is 11.5 Å². The number of benzene rings is 1. The third kappa shape index (κ3) is 4.32. The Morgan fingerprint density at radius 1 is 1.27 bits per heavy atom. The second kappa shape index (κ2) is 8.18. The van der Waals surface area contributed by atoms with Gasteiger partial charge in [0.15, 0.2) is 17.3 Å². The van der Waals surface area contributed by atoms with Crippen LogP contribution in [-0.2, 0) is 4.79 Å². The molecule has 0 bridgehead atoms. The quantitative estimate of drug-likeness (QED) is 0.845. The van der Waals surface area contributed by atoms with E-state index in [-0.39, 0.29) is 11.8 Å². The van der Waals surface area contributed by atoms with E-state index in [2.05, 4.69) is 20.4 Å². The van der Waals surface area contributed by atoms with Crippen LogP contribution in [0.5, 0.6) is 11.5 Å². The zero-order valence-electron chi connectivity index (χ0n) is 15.3. The number of amides is 1. The van der Waals surface area contributed by atoms with Crippen molar-refractivity contribution >= 4 is 11.6 Å². The lowest BCUT2D eigenvalue weighted by Crippen LogP contribution is -2.38. The molecule has 26 heavy (non-hydrogen) atoms. The van der Waals surface area contributed by atoms with E-state index in [1.54, 1.807) is 32.4 Å². The number of rotatable bonds is 6. The Hall–Kier alpha value is -2.61. The molecule has 0 unspecified atom stereocenters. The molecule has 8 nitrogen and oxygen atoms in total. The van der Waals surface area contributed by atoms with Gasteiger partial charge in [-0.3, -0.25) is 9.69 Å². The summed E-state index contributed by atoms with van der Waals surface area (Å²) in [6.07, 6.45) is 1.82. The first-order chi connectivity index (χ1) is 12.6. The summed E-state index contributed by atoms with van der Waals surface area (Å²) in [6.45, 7) is 3.82. The van der Waals surface area contributed by atoms with E-state index in [9.17, 15) is 4.79 Å². The Bertz CT molecular complexity index is 753. The van der Waals surface area contributed by atoms with Crippen molar-refractivity contribution in [1.29, 1.82) is 0 Å². The predicted octanol–water partition coefficient (Wildman–Crippen LogP) is 2.21. The van der Waals surface area contributed by atoms with Crippen LogP contribution in [0.4, 0.5) is 5.69 Å². The van der Waals surface area contributed by atoms with Crippen LogP contribution in [0.25, 0.3) is 0 Å². The van der Waals surface area contributed by atoms with Crippen molar-refractivity contribution in [2.24, 2.45) is 0 Å². The van der Waals surface area contributed by atoms with Gasteiger partial charge in [0.05, 0.1) is 20.8 Å². The largest absolute Gasteiger partial charge is 0.493 e. The highest BCUT2D eigenvalue weighted by Crippen LogP contribution is 2.30. The fraction of sp³-hybridized carbons (Fsp3) is 0.500. The van der Waals surface area contributed by atoms with Crippen LogP contribution in [0.2, 0.25) is 0 Å². The van der Waals surface area contributed by atoms with Crippen molar-refractivity contribution in [3.63, 3.8) is 0 Å². The molecule has 1 saturated heterocycles. The summed E-state index contributed by atoms with van der Waals surface area (Å²) in [7, 11) is 3.15. The molecule has 140 valence electrons. The lowest BCUT2D eigenvalue weighted by atomic mass is 9.97. The summed E-state index contributed by atoms with van der Waals surface area (Å²) >= 11 is 0. The molecule has 3 rings (SSSR count). The molecule has 8 heteroatoms. The van der Waals surface area contributed by atoms with Gasteiger partial charge in [0.1, 0.15) is 0 Å². The molecule has 0 spiro atoms. The first kappa shape index (κ1) is 18.2. The van der Waals surface area contributed by atoms with Crippen LogP contribution in [0, 0.1) is 6.92 Å². The number of aromatic nitrogens is 2. The number of hydrogen-bond donors (Lipinski definition) is 1. The van der Waals surface area contributed by atoms with Crippen LogP contribution >= 0.6 is 0 Å². The average Bonchev–Trinajstić information content (AvgIpc) is 3.08. The minimum atomic E-state index is -0.0516. The molecule has 1 amide bonds. The number of carbonyl (C=O) groups excluding carboxylic acids is 1. The molecular formula is C18H24N4O4. The number of nitrogens with one attached hydrogen (secondary N) is 1. The monoisotopic (exact) mass is 360 g/mol. The number of methoxy groups -OCH3 is 2. The third-order valence-electron chi connectivity index (χ3n) is 4.51. The summed E-state index contributed by atoms with van der Waals surface area (Å²) in [5.74, 6) is 2.81. The summed E-state index contributed by atoms with van der Waals surface area (Å²) in [5.41, 5.74) is 0.684. The van der Waals surface area contributed by atoms with E-state index in [0.29, 0.717) is 35.4 Å². The van der Waals surface area contributed by atoms with E-state index in [1.165, 1.54) is 0 Å². The molecule has 0 aliphatic carbocycles. The van der Waals surface area contributed by atoms with Gasteiger partial charge in [-0.05, 0) is 45.0 Å². The molecule has 1 N–H and O–H groups in total. The maximum Gasteiger partial charge on any atom is 0.238 e. The van der Waals surface area contributed by atoms with Crippen LogP contribution in [-0.4, -0.2) is 54.8 Å². The van der Waals surface area contributed by atoms with E-state index in [0.717, 1.165) is 25.9 Å². The Kier molecular flexibility index (Phi) is 5.72. The predicted molar refractivity (Wildman–Crippen MR) is 95.6 cm³/mol. The highest BCUT2D eigenvalue weighted by atomic mass is 16.5. The van der Waals surface area contributed by atoms with Crippen molar-refractivity contribution < 1.29 is 18.8 Å². The number of hydrogen-bond acceptors (Lipinski definition) is 7. The van der Waals surface area contributed by atoms with Crippen LogP contribution in [0.15, 0.2) is 22.7 Å². The van der Waals surface area contributed by atoms with Gasteiger partial charge < -0.3 is 19.3 Å². The first-order valence-corrected chi connectivity index (χ1v) is 8.63. The van der Waals surface area contributed by atoms with Crippen LogP contribution < -0.4 is 14.8 Å². The number of piperidine rings is 1. The van der Waals surface area contributed by atoms with Gasteiger partial charge in [0.25, 0.3) is 0 Å². The fourth-order valence-corrected chi connectivity index (χ4v) is 3.13. The van der Waals surface area contributed by atoms with E-state index in [1.807, 2.05) is 6.92 Å². The van der Waals surface area contributed by atoms with Gasteiger partial charge in [-0.2, -0.15) is 4.98 Å². The van der Waals surface area contributed by atoms with E-state index >= 15 is 0 Å². The second-order valence-electron chi connectivity index (χ2n) is 6.35. The molecule has 1 aromatic carbocycles. The van der Waals surface area contributed by atoms with Crippen molar-refractivity contribution in [2.45, 2.75) is 25.7 Å². The Morgan fingerprint density at radius 3 is 2.62 bits per heavy atom. The molecule has 1 aliphatic rings. The van der Waals surface area contributed by atoms with Gasteiger partial charge in [-0.25, -0.2) is 0 Å². The highest BCUT2D eigenvalue weighted by Gasteiger charge is 2.25. The van der Waals surface area contributed by atoms with Crippen molar-refractivity contribution in [2.75, 3.05) is 39.2 Å². The fourth-order valence-electron chi connectivity index (χ4n) is 3.13. The molecule has 0 radical (unpaired) electrons. The molecule has 1 fully saturated rings. The zero-order chi connectivity index (χ0) is 18.5. The van der Waals surface area contributed by atoms with Gasteiger partial charge >= 0.3 is 0 Å². The van der Waals surface area contributed by atoms with Crippen LogP contribution in [0.1, 0.15) is 30.5 Å². The summed E-state index contributed by atoms with van der Waals surface area (Å²) in [4.78, 5) is 18.8. The normalized spacial score (nSPS) is 15.7. The Labute approximate surface area is 152 Å². The molecule has 2 aromatic rings. The molecule has 2 heterocycles. The number of carbonyl (C=O) groups is 1. The summed E-state index contributed by atoms with van der Waals surface area (Å²) in [6, 6.07) is 5.32. The van der Waals surface area contributed by atoms with Gasteiger partial charge in [-0.15, -0.1) is 0 Å². The highest BCUT2D eigenvalue weighted by molar-refractivity contribution is 5.92. The maximum absolute atomic E-state index is 12.3. The third-order valence-corrected chi connectivity index (χ3v) is 4.51. The standard InChI is InChI=1S/C18H24N4O4/c1-12-19-18(26-21-12)13-6-8-22(9-7-13)11-17(23)20-14-4-5-15(24-2)16(10-14)25-3/h4-5,10,13H,6-9,11H2,1-3H3,(H,20,23). The Morgan fingerprint density at radius 2 is 2.00 bits per heavy atom. The Balaban J connectivity index is 1.50. The first-order valence-electron chi connectivity index (χ1n) is 8.63. The summed E-state index contributed by atoms with van der Waals surface area (Å²) in [5, 5.41) is 6.75. The maximum atomic E-state index is 12.3. The van der Waals surface area contributed by atoms with Gasteiger partial charge in [-0.1, -0.05) is 5.16 Å². The zero-order valence-corrected chi connectivity index (χ0v) is 15.3. The number of nitrogens with zero attached hydrogens (tertiary/aromatic N) is 3. The number of likely N-dealkylation sites (tertiary alicyclic amines) is 1. The number of aryl methyl sites for hydroxylation is 1. The summed E-state index contributed by atoms with van der Waals surface area (Å²) < 4.78 is 15.7. The van der Waals surface area contributed by atoms with E-state index < -0.39 is 0 Å². The second-order valence-corrected chi connectivity index (χ2v) is 6.35. The van der Waals surface area contributed by atoms with E-state index in [4.69, 9.17) is 14.0 Å². The van der Waals surface area contributed by atoms with Crippen LogP contribution in [0.3, 0.4) is 0 Å². The smallest absolute Gasteiger partial charge is 0.238 e. The SMILES string of the molecule is COc1ccc(NC(=O)CN2CCC(c3nc(C)no3)CC2)cc1OC.